The Balaban J connectivity index is 2.85. The zero-order valence-electron chi connectivity index (χ0n) is 4.93. The topological polar surface area (TPSA) is 102 Å². The van der Waals surface area contributed by atoms with Crippen molar-refractivity contribution in [2.45, 2.75) is 6.23 Å². The molecule has 1 aliphatic heterocycles. The lowest BCUT2D eigenvalue weighted by molar-refractivity contribution is -0.134. The third-order valence-electron chi connectivity index (χ3n) is 0.991. The Kier molecular flexibility index (Phi) is 1.48. The molecule has 1 heterocycles. The number of nitrogens with zero attached hydrogens (tertiary/aromatic N) is 2. The molecule has 1 rings (SSSR count). The van der Waals surface area contributed by atoms with Gasteiger partial charge >= 0.3 is 6.02 Å². The van der Waals surface area contributed by atoms with Crippen molar-refractivity contribution in [2.75, 3.05) is 0 Å². The predicted molar refractivity (Wildman–Crippen MR) is 30.0 cm³/mol. The highest BCUT2D eigenvalue weighted by molar-refractivity contribution is 5.72. The number of hydrogen-bond donors (Lipinski definition) is 3. The van der Waals surface area contributed by atoms with Crippen LogP contribution in [0.15, 0.2) is 16.9 Å². The van der Waals surface area contributed by atoms with E-state index < -0.39 is 12.2 Å². The fourth-order valence-electron chi connectivity index (χ4n) is 0.535. The molecule has 6 heteroatoms. The Bertz CT molecular complexity index is 200. The third kappa shape index (κ3) is 1.02. The van der Waals surface area contributed by atoms with Gasteiger partial charge in [0.05, 0.1) is 0 Å². The van der Waals surface area contributed by atoms with Crippen LogP contribution in [0, 0.1) is 0 Å². The van der Waals surface area contributed by atoms with Gasteiger partial charge in [0.15, 0.2) is 6.23 Å². The number of amidine groups is 1. The Morgan fingerprint density at radius 3 is 2.90 bits per heavy atom. The van der Waals surface area contributed by atoms with E-state index in [0.717, 1.165) is 6.08 Å². The van der Waals surface area contributed by atoms with Crippen LogP contribution in [0.25, 0.3) is 0 Å². The second kappa shape index (κ2) is 2.16. The Morgan fingerprint density at radius 2 is 2.40 bits per heavy atom. The molecule has 55 valence electrons. The summed E-state index contributed by atoms with van der Waals surface area (Å²) in [6.45, 7) is 0. The van der Waals surface area contributed by atoms with Gasteiger partial charge in [-0.3, -0.25) is 5.21 Å². The zero-order valence-corrected chi connectivity index (χ0v) is 4.93. The smallest absolute Gasteiger partial charge is 0.371 e. The minimum atomic E-state index is -1.38. The zero-order chi connectivity index (χ0) is 7.72. The van der Waals surface area contributed by atoms with Gasteiger partial charge in [0, 0.05) is 6.08 Å². The van der Waals surface area contributed by atoms with E-state index in [-0.39, 0.29) is 10.9 Å². The molecule has 0 aromatic heterocycles. The highest BCUT2D eigenvalue weighted by Crippen LogP contribution is 2.04. The van der Waals surface area contributed by atoms with Crippen LogP contribution < -0.4 is 5.73 Å². The van der Waals surface area contributed by atoms with Crippen molar-refractivity contribution >= 4 is 6.02 Å². The molecule has 1 aliphatic rings. The quantitative estimate of drug-likeness (QED) is 0.389. The molecule has 0 bridgehead atoms. The van der Waals surface area contributed by atoms with Gasteiger partial charge in [-0.1, -0.05) is 0 Å². The third-order valence-corrected chi connectivity index (χ3v) is 0.991. The normalized spacial score (nSPS) is 25.8. The van der Waals surface area contributed by atoms with Crippen molar-refractivity contribution in [2.24, 2.45) is 10.7 Å². The van der Waals surface area contributed by atoms with E-state index >= 15 is 0 Å². The molecule has 4 N–H and O–H groups in total. The minimum Gasteiger partial charge on any atom is -0.384 e. The molecule has 0 aliphatic carbocycles. The highest BCUT2D eigenvalue weighted by Gasteiger charge is 2.21. The lowest BCUT2D eigenvalue weighted by Gasteiger charge is -2.19. The van der Waals surface area contributed by atoms with Gasteiger partial charge in [-0.05, 0) is 0 Å². The second-order valence-corrected chi connectivity index (χ2v) is 1.74. The summed E-state index contributed by atoms with van der Waals surface area (Å²) in [7, 11) is 0. The molecule has 0 saturated carbocycles. The summed E-state index contributed by atoms with van der Waals surface area (Å²) >= 11 is 0. The number of aliphatic hydroxyl groups is 1. The van der Waals surface area contributed by atoms with E-state index in [9.17, 15) is 5.11 Å². The Hall–Kier alpha value is -1.27. The molecule has 1 radical (unpaired) electrons. The van der Waals surface area contributed by atoms with Crippen molar-refractivity contribution in [3.05, 3.63) is 11.9 Å². The van der Waals surface area contributed by atoms with Crippen LogP contribution >= 0.6 is 0 Å². The summed E-state index contributed by atoms with van der Waals surface area (Å²) in [6, 6.07) is -0.965. The minimum absolute atomic E-state index is 0.0797. The summed E-state index contributed by atoms with van der Waals surface area (Å²) in [5, 5.41) is 27.9. The molecule has 0 aromatic carbocycles. The first-order chi connectivity index (χ1) is 4.61. The van der Waals surface area contributed by atoms with Gasteiger partial charge in [0.1, 0.15) is 5.82 Å². The number of hydrogen-bond acceptors (Lipinski definition) is 5. The van der Waals surface area contributed by atoms with Gasteiger partial charge < -0.3 is 10.8 Å². The average Bonchev–Trinajstić information content (AvgIpc) is 1.82. The van der Waals surface area contributed by atoms with Crippen molar-refractivity contribution in [3.8, 4) is 0 Å². The fourth-order valence-corrected chi connectivity index (χ4v) is 0.535. The van der Waals surface area contributed by atoms with Crippen LogP contribution in [0.3, 0.4) is 0 Å². The monoisotopic (exact) mass is 144 g/mol. The number of aliphatic imine (C=N–C) groups is 1. The first-order valence-corrected chi connectivity index (χ1v) is 2.50. The SMILES string of the molecule is NC1=CC(O)N(O)C([O])=N1. The van der Waals surface area contributed by atoms with Crippen molar-refractivity contribution in [3.63, 3.8) is 0 Å². The van der Waals surface area contributed by atoms with Gasteiger partial charge in [-0.15, -0.1) is 0 Å². The average molecular weight is 144 g/mol. The first-order valence-electron chi connectivity index (χ1n) is 2.50. The van der Waals surface area contributed by atoms with E-state index in [1.807, 2.05) is 0 Å². The van der Waals surface area contributed by atoms with Crippen LogP contribution in [0.5, 0.6) is 0 Å². The molecule has 10 heavy (non-hydrogen) atoms. The molecule has 0 fully saturated rings. The van der Waals surface area contributed by atoms with E-state index in [2.05, 4.69) is 4.99 Å². The first kappa shape index (κ1) is 6.84. The summed E-state index contributed by atoms with van der Waals surface area (Å²) < 4.78 is 0. The van der Waals surface area contributed by atoms with Crippen LogP contribution in [-0.4, -0.2) is 27.6 Å². The standard InChI is InChI=1S/C4H6N3O3/c5-2-1-3(8)7(10)4(9)6-2/h1,3,8,10H,5H2. The molecular weight excluding hydrogens is 138 g/mol. The Morgan fingerprint density at radius 1 is 1.80 bits per heavy atom. The molecule has 1 unspecified atom stereocenters. The molecular formula is C4H6N3O3. The number of aliphatic hydroxyl groups excluding tert-OH is 1. The number of nitrogens with two attached hydrogens (primary N) is 1. The fraction of sp³-hybridized carbons (Fsp3) is 0.250. The van der Waals surface area contributed by atoms with Crippen LogP contribution in [0.1, 0.15) is 0 Å². The van der Waals surface area contributed by atoms with E-state index in [0.29, 0.717) is 0 Å². The number of hydroxylamine groups is 2. The summed E-state index contributed by atoms with van der Waals surface area (Å²) in [5.74, 6) is -0.0946. The maximum absolute atomic E-state index is 10.4. The van der Waals surface area contributed by atoms with Gasteiger partial charge in [0.2, 0.25) is 0 Å². The van der Waals surface area contributed by atoms with Crippen molar-refractivity contribution in [1.82, 2.24) is 5.06 Å². The highest BCUT2D eigenvalue weighted by atomic mass is 16.6. The lowest BCUT2D eigenvalue weighted by Crippen LogP contribution is -2.38. The molecule has 0 aromatic rings. The summed E-state index contributed by atoms with van der Waals surface area (Å²) in [5.41, 5.74) is 5.05. The molecule has 0 amide bonds. The van der Waals surface area contributed by atoms with Crippen molar-refractivity contribution in [1.29, 1.82) is 0 Å². The van der Waals surface area contributed by atoms with E-state index in [4.69, 9.17) is 16.0 Å². The molecule has 6 nitrogen and oxygen atoms in total. The molecule has 0 spiro atoms. The van der Waals surface area contributed by atoms with Crippen LogP contribution in [0.4, 0.5) is 0 Å². The second-order valence-electron chi connectivity index (χ2n) is 1.74. The predicted octanol–water partition coefficient (Wildman–Crippen LogP) is -1.40. The molecule has 0 saturated heterocycles. The maximum atomic E-state index is 10.4. The summed E-state index contributed by atoms with van der Waals surface area (Å²) in [4.78, 5) is 3.13. The van der Waals surface area contributed by atoms with E-state index in [1.165, 1.54) is 0 Å². The molecule has 1 atom stereocenters. The van der Waals surface area contributed by atoms with Crippen molar-refractivity contribution < 1.29 is 15.4 Å². The summed E-state index contributed by atoms with van der Waals surface area (Å²) in [6.07, 6.45) is -0.341. The largest absolute Gasteiger partial charge is 0.384 e. The van der Waals surface area contributed by atoms with Gasteiger partial charge in [-0.25, -0.2) is 5.11 Å². The Labute approximate surface area is 56.5 Å². The lowest BCUT2D eigenvalue weighted by atomic mass is 10.4. The van der Waals surface area contributed by atoms with Gasteiger partial charge in [-0.2, -0.15) is 10.1 Å². The van der Waals surface area contributed by atoms with E-state index in [1.54, 1.807) is 0 Å². The van der Waals surface area contributed by atoms with Gasteiger partial charge in [0.25, 0.3) is 0 Å². The van der Waals surface area contributed by atoms with Crippen LogP contribution in [-0.2, 0) is 5.11 Å². The number of rotatable bonds is 0. The maximum Gasteiger partial charge on any atom is 0.371 e. The van der Waals surface area contributed by atoms with Crippen LogP contribution in [0.2, 0.25) is 0 Å².